The van der Waals surface area contributed by atoms with E-state index >= 15 is 0 Å². The zero-order valence-electron chi connectivity index (χ0n) is 12.8. The molecule has 0 heterocycles. The second kappa shape index (κ2) is 7.23. The van der Waals surface area contributed by atoms with Crippen molar-refractivity contribution in [2.75, 3.05) is 7.11 Å². The fourth-order valence-electron chi connectivity index (χ4n) is 2.56. The van der Waals surface area contributed by atoms with Gasteiger partial charge in [0.2, 0.25) is 0 Å². The van der Waals surface area contributed by atoms with Gasteiger partial charge in [-0.1, -0.05) is 37.3 Å². The summed E-state index contributed by atoms with van der Waals surface area (Å²) in [5.41, 5.74) is 2.08. The van der Waals surface area contributed by atoms with Crippen LogP contribution in [0.5, 0.6) is 5.75 Å². The molecule has 1 N–H and O–H groups in total. The topological polar surface area (TPSA) is 21.3 Å². The molecule has 0 radical (unpaired) electrons. The Hall–Kier alpha value is -1.87. The molecule has 2 aromatic carbocycles. The molecule has 112 valence electrons. The fraction of sp³-hybridized carbons (Fsp3) is 0.333. The first kappa shape index (κ1) is 15.5. The molecule has 2 atom stereocenters. The summed E-state index contributed by atoms with van der Waals surface area (Å²) in [5.74, 6) is 0.676. The lowest BCUT2D eigenvalue weighted by Gasteiger charge is -2.24. The van der Waals surface area contributed by atoms with E-state index in [2.05, 4.69) is 18.3 Å². The highest BCUT2D eigenvalue weighted by Gasteiger charge is 2.17. The highest BCUT2D eigenvalue weighted by molar-refractivity contribution is 5.36. The summed E-state index contributed by atoms with van der Waals surface area (Å²) in [5, 5.41) is 3.55. The summed E-state index contributed by atoms with van der Waals surface area (Å²) in [4.78, 5) is 0. The van der Waals surface area contributed by atoms with Gasteiger partial charge in [-0.2, -0.15) is 0 Å². The maximum atomic E-state index is 13.3. The van der Waals surface area contributed by atoms with Gasteiger partial charge in [-0.05, 0) is 37.1 Å². The quantitative estimate of drug-likeness (QED) is 0.836. The number of rotatable bonds is 6. The van der Waals surface area contributed by atoms with Crippen molar-refractivity contribution in [3.8, 4) is 5.75 Å². The first-order chi connectivity index (χ1) is 10.2. The molecule has 2 rings (SSSR count). The molecule has 1 unspecified atom stereocenters. The van der Waals surface area contributed by atoms with E-state index in [1.807, 2.05) is 31.2 Å². The lowest BCUT2D eigenvalue weighted by molar-refractivity contribution is 0.388. The smallest absolute Gasteiger partial charge is 0.123 e. The molecule has 0 fully saturated rings. The van der Waals surface area contributed by atoms with Gasteiger partial charge < -0.3 is 10.1 Å². The summed E-state index contributed by atoms with van der Waals surface area (Å²) in [6.45, 7) is 4.18. The third-order valence-electron chi connectivity index (χ3n) is 3.72. The summed E-state index contributed by atoms with van der Waals surface area (Å²) < 4.78 is 18.8. The average Bonchev–Trinajstić information content (AvgIpc) is 2.52. The van der Waals surface area contributed by atoms with E-state index in [1.54, 1.807) is 19.2 Å². The van der Waals surface area contributed by atoms with E-state index < -0.39 is 0 Å². The molecule has 0 aliphatic carbocycles. The Morgan fingerprint density at radius 3 is 2.57 bits per heavy atom. The maximum absolute atomic E-state index is 13.3. The van der Waals surface area contributed by atoms with Crippen molar-refractivity contribution >= 4 is 0 Å². The van der Waals surface area contributed by atoms with Gasteiger partial charge in [-0.15, -0.1) is 0 Å². The molecule has 2 nitrogen and oxygen atoms in total. The Labute approximate surface area is 126 Å². The number of halogens is 1. The number of hydrogen-bond donors (Lipinski definition) is 1. The summed E-state index contributed by atoms with van der Waals surface area (Å²) in [7, 11) is 1.68. The van der Waals surface area contributed by atoms with Gasteiger partial charge in [0.25, 0.3) is 0 Å². The third kappa shape index (κ3) is 3.82. The lowest BCUT2D eigenvalue weighted by atomic mass is 10.0. The van der Waals surface area contributed by atoms with Crippen LogP contribution in [0.1, 0.15) is 43.5 Å². The van der Waals surface area contributed by atoms with Crippen LogP contribution in [0.3, 0.4) is 0 Å². The van der Waals surface area contributed by atoms with Crippen molar-refractivity contribution in [2.24, 2.45) is 0 Å². The predicted octanol–water partition coefficient (Wildman–Crippen LogP) is 4.64. The van der Waals surface area contributed by atoms with Crippen molar-refractivity contribution in [3.63, 3.8) is 0 Å². The van der Waals surface area contributed by atoms with Gasteiger partial charge in [-0.3, -0.25) is 0 Å². The third-order valence-corrected chi connectivity index (χ3v) is 3.72. The number of hydrogen-bond acceptors (Lipinski definition) is 2. The fourth-order valence-corrected chi connectivity index (χ4v) is 2.56. The standard InChI is InChI=1S/C18H22FNO/c1-4-17(16-10-5-6-11-18(16)21-3)20-13(2)14-8-7-9-15(19)12-14/h5-13,17,20H,4H2,1-3H3/t13-,17?/m1/s1. The maximum Gasteiger partial charge on any atom is 0.123 e. The Kier molecular flexibility index (Phi) is 5.34. The lowest BCUT2D eigenvalue weighted by Crippen LogP contribution is -2.24. The Balaban J connectivity index is 2.19. The molecule has 0 aromatic heterocycles. The second-order valence-corrected chi connectivity index (χ2v) is 5.15. The van der Waals surface area contributed by atoms with Gasteiger partial charge in [-0.25, -0.2) is 4.39 Å². The van der Waals surface area contributed by atoms with Crippen LogP contribution in [-0.2, 0) is 0 Å². The van der Waals surface area contributed by atoms with E-state index in [0.717, 1.165) is 23.3 Å². The van der Waals surface area contributed by atoms with E-state index in [1.165, 1.54) is 6.07 Å². The monoisotopic (exact) mass is 287 g/mol. The van der Waals surface area contributed by atoms with Crippen LogP contribution in [0.4, 0.5) is 4.39 Å². The van der Waals surface area contributed by atoms with E-state index in [-0.39, 0.29) is 17.9 Å². The van der Waals surface area contributed by atoms with Gasteiger partial charge >= 0.3 is 0 Å². The number of para-hydroxylation sites is 1. The summed E-state index contributed by atoms with van der Waals surface area (Å²) in [6.07, 6.45) is 0.931. The minimum absolute atomic E-state index is 0.0653. The largest absolute Gasteiger partial charge is 0.496 e. The minimum Gasteiger partial charge on any atom is -0.496 e. The number of benzene rings is 2. The molecule has 0 aliphatic heterocycles. The highest BCUT2D eigenvalue weighted by atomic mass is 19.1. The van der Waals surface area contributed by atoms with Crippen molar-refractivity contribution < 1.29 is 9.13 Å². The normalized spacial score (nSPS) is 13.7. The molecule has 0 amide bonds. The molecule has 21 heavy (non-hydrogen) atoms. The molecule has 0 saturated heterocycles. The van der Waals surface area contributed by atoms with Gasteiger partial charge in [0.05, 0.1) is 7.11 Å². The Morgan fingerprint density at radius 2 is 1.90 bits per heavy atom. The predicted molar refractivity (Wildman–Crippen MR) is 84.0 cm³/mol. The van der Waals surface area contributed by atoms with Crippen LogP contribution in [-0.4, -0.2) is 7.11 Å². The molecule has 3 heteroatoms. The number of nitrogens with one attached hydrogen (secondary N) is 1. The van der Waals surface area contributed by atoms with Gasteiger partial charge in [0.1, 0.15) is 11.6 Å². The van der Waals surface area contributed by atoms with Crippen LogP contribution in [0.2, 0.25) is 0 Å². The summed E-state index contributed by atoms with van der Waals surface area (Å²) >= 11 is 0. The molecule has 0 saturated carbocycles. The Bertz CT molecular complexity index is 585. The molecule has 0 aliphatic rings. The van der Waals surface area contributed by atoms with Crippen molar-refractivity contribution in [1.29, 1.82) is 0 Å². The van der Waals surface area contributed by atoms with E-state index in [0.29, 0.717) is 0 Å². The zero-order chi connectivity index (χ0) is 15.2. The molecule has 2 aromatic rings. The minimum atomic E-state index is -0.202. The van der Waals surface area contributed by atoms with Crippen LogP contribution < -0.4 is 10.1 Å². The molecule has 0 bridgehead atoms. The van der Waals surface area contributed by atoms with Crippen molar-refractivity contribution in [2.45, 2.75) is 32.4 Å². The average molecular weight is 287 g/mol. The van der Waals surface area contributed by atoms with E-state index in [4.69, 9.17) is 4.74 Å². The molecular weight excluding hydrogens is 265 g/mol. The first-order valence-corrected chi connectivity index (χ1v) is 7.30. The highest BCUT2D eigenvalue weighted by Crippen LogP contribution is 2.29. The van der Waals surface area contributed by atoms with Crippen molar-refractivity contribution in [3.05, 3.63) is 65.5 Å². The number of methoxy groups -OCH3 is 1. The van der Waals surface area contributed by atoms with Gasteiger partial charge in [0, 0.05) is 17.6 Å². The van der Waals surface area contributed by atoms with E-state index in [9.17, 15) is 4.39 Å². The zero-order valence-corrected chi connectivity index (χ0v) is 12.8. The van der Waals surface area contributed by atoms with Crippen LogP contribution in [0, 0.1) is 5.82 Å². The Morgan fingerprint density at radius 1 is 1.14 bits per heavy atom. The SMILES string of the molecule is CCC(N[C@H](C)c1cccc(F)c1)c1ccccc1OC. The van der Waals surface area contributed by atoms with Crippen LogP contribution >= 0.6 is 0 Å². The first-order valence-electron chi connectivity index (χ1n) is 7.30. The second-order valence-electron chi connectivity index (χ2n) is 5.15. The van der Waals surface area contributed by atoms with Gasteiger partial charge in [0.15, 0.2) is 0 Å². The van der Waals surface area contributed by atoms with Crippen molar-refractivity contribution in [1.82, 2.24) is 5.32 Å². The molecular formula is C18H22FNO. The van der Waals surface area contributed by atoms with Crippen LogP contribution in [0.15, 0.2) is 48.5 Å². The number of ether oxygens (including phenoxy) is 1. The van der Waals surface area contributed by atoms with Crippen LogP contribution in [0.25, 0.3) is 0 Å². The summed E-state index contributed by atoms with van der Waals surface area (Å²) in [6, 6.07) is 15.0. The molecule has 0 spiro atoms.